The number of anilines is 1. The molecule has 2 saturated heterocycles. The topological polar surface area (TPSA) is 72.3 Å². The van der Waals surface area contributed by atoms with Gasteiger partial charge in [-0.15, -0.1) is 0 Å². The van der Waals surface area contributed by atoms with Crippen molar-refractivity contribution in [2.75, 3.05) is 25.0 Å². The molecule has 0 saturated carbocycles. The maximum Gasteiger partial charge on any atom is 0.260 e. The van der Waals surface area contributed by atoms with E-state index in [1.165, 1.54) is 11.0 Å². The Balaban J connectivity index is 1.28. The lowest BCUT2D eigenvalue weighted by atomic mass is 9.85. The van der Waals surface area contributed by atoms with Crippen LogP contribution in [0.2, 0.25) is 0 Å². The van der Waals surface area contributed by atoms with Crippen LogP contribution in [0.5, 0.6) is 0 Å². The Morgan fingerprint density at radius 1 is 1.33 bits per heavy atom. The predicted molar refractivity (Wildman–Crippen MR) is 94.6 cm³/mol. The molecule has 9 heteroatoms. The molecule has 0 spiro atoms. The first-order chi connectivity index (χ1) is 13.1. The van der Waals surface area contributed by atoms with Gasteiger partial charge in [0.05, 0.1) is 6.10 Å². The molecule has 0 unspecified atom stereocenters. The number of hydrogen-bond acceptors (Lipinski definition) is 5. The Kier molecular flexibility index (Phi) is 5.56. The molecular weight excluding hydrogens is 356 g/mol. The number of piperidine rings is 1. The van der Waals surface area contributed by atoms with E-state index in [1.54, 1.807) is 0 Å². The van der Waals surface area contributed by atoms with Crippen LogP contribution >= 0.6 is 0 Å². The number of fused-ring (bicyclic) bond motifs is 1. The first-order valence-electron chi connectivity index (χ1n) is 9.95. The quantitative estimate of drug-likeness (QED) is 0.846. The van der Waals surface area contributed by atoms with Crippen LogP contribution < -0.4 is 5.32 Å². The lowest BCUT2D eigenvalue weighted by Crippen LogP contribution is -2.46. The summed E-state index contributed by atoms with van der Waals surface area (Å²) in [7, 11) is 0. The highest BCUT2D eigenvalue weighted by atomic mass is 19.3. The number of halogens is 2. The zero-order valence-corrected chi connectivity index (χ0v) is 15.4. The van der Waals surface area contributed by atoms with Crippen LogP contribution in [0.3, 0.4) is 0 Å². The highest BCUT2D eigenvalue weighted by molar-refractivity contribution is 5.76. The van der Waals surface area contributed by atoms with Crippen molar-refractivity contribution in [3.05, 3.63) is 6.33 Å². The summed E-state index contributed by atoms with van der Waals surface area (Å²) < 4.78 is 33.7. The standard InChI is InChI=1S/C18H27F2N5O2/c19-17(20)15-10-14(23-18-21-11-22-25(15)18)12-5-7-24(8-6-12)16(26)4-3-13-2-1-9-27-13/h11-15,17H,1-10H2,(H,21,22,23)/t13-,14-,15+/m0/s1. The minimum Gasteiger partial charge on any atom is -0.378 e. The SMILES string of the molecule is O=C(CC[C@@H]1CCCO1)N1CCC([C@@H]2C[C@H](C(F)F)n3ncnc3N2)CC1. The van der Waals surface area contributed by atoms with Crippen molar-refractivity contribution in [1.29, 1.82) is 0 Å². The summed E-state index contributed by atoms with van der Waals surface area (Å²) in [6.45, 7) is 2.20. The monoisotopic (exact) mass is 383 g/mol. The number of nitrogens with one attached hydrogen (secondary N) is 1. The first kappa shape index (κ1) is 18.6. The Bertz CT molecular complexity index is 641. The van der Waals surface area contributed by atoms with Crippen LogP contribution in [0.1, 0.15) is 51.0 Å². The van der Waals surface area contributed by atoms with Gasteiger partial charge in [0, 0.05) is 32.2 Å². The van der Waals surface area contributed by atoms with Crippen molar-refractivity contribution < 1.29 is 18.3 Å². The average Bonchev–Trinajstić information content (AvgIpc) is 3.36. The molecule has 3 aliphatic heterocycles. The van der Waals surface area contributed by atoms with Gasteiger partial charge in [0.25, 0.3) is 6.43 Å². The van der Waals surface area contributed by atoms with E-state index in [1.807, 2.05) is 4.90 Å². The molecule has 1 aromatic rings. The van der Waals surface area contributed by atoms with Gasteiger partial charge in [0.15, 0.2) is 0 Å². The summed E-state index contributed by atoms with van der Waals surface area (Å²) in [4.78, 5) is 18.4. The Morgan fingerprint density at radius 3 is 2.85 bits per heavy atom. The van der Waals surface area contributed by atoms with Gasteiger partial charge in [-0.3, -0.25) is 4.79 Å². The van der Waals surface area contributed by atoms with Crippen LogP contribution in [-0.4, -0.2) is 63.8 Å². The number of carbonyl (C=O) groups excluding carboxylic acids is 1. The molecule has 0 radical (unpaired) electrons. The van der Waals surface area contributed by atoms with Crippen molar-refractivity contribution in [3.8, 4) is 0 Å². The molecule has 0 bridgehead atoms. The van der Waals surface area contributed by atoms with Gasteiger partial charge in [-0.2, -0.15) is 10.1 Å². The zero-order valence-electron chi connectivity index (χ0n) is 15.4. The number of nitrogens with zero attached hydrogens (tertiary/aromatic N) is 4. The average molecular weight is 383 g/mol. The van der Waals surface area contributed by atoms with E-state index in [9.17, 15) is 13.6 Å². The smallest absolute Gasteiger partial charge is 0.260 e. The molecule has 0 aliphatic carbocycles. The molecule has 1 amide bonds. The van der Waals surface area contributed by atoms with Crippen LogP contribution in [-0.2, 0) is 9.53 Å². The highest BCUT2D eigenvalue weighted by Gasteiger charge is 2.38. The van der Waals surface area contributed by atoms with Gasteiger partial charge in [-0.25, -0.2) is 13.5 Å². The largest absolute Gasteiger partial charge is 0.378 e. The van der Waals surface area contributed by atoms with Gasteiger partial charge < -0.3 is 15.0 Å². The van der Waals surface area contributed by atoms with Crippen LogP contribution in [0.15, 0.2) is 6.33 Å². The molecule has 4 heterocycles. The molecule has 7 nitrogen and oxygen atoms in total. The van der Waals surface area contributed by atoms with Crippen LogP contribution in [0.4, 0.5) is 14.7 Å². The third-order valence-electron chi connectivity index (χ3n) is 6.15. The molecule has 27 heavy (non-hydrogen) atoms. The Morgan fingerprint density at radius 2 is 2.15 bits per heavy atom. The second-order valence-electron chi connectivity index (χ2n) is 7.81. The Hall–Kier alpha value is -1.77. The molecule has 3 aliphatic rings. The summed E-state index contributed by atoms with van der Waals surface area (Å²) in [6, 6.07) is -0.982. The summed E-state index contributed by atoms with van der Waals surface area (Å²) in [5.74, 6) is 0.872. The number of amides is 1. The zero-order chi connectivity index (χ0) is 18.8. The van der Waals surface area contributed by atoms with Crippen LogP contribution in [0.25, 0.3) is 0 Å². The van der Waals surface area contributed by atoms with Gasteiger partial charge in [0.2, 0.25) is 11.9 Å². The summed E-state index contributed by atoms with van der Waals surface area (Å²) in [5.41, 5.74) is 0. The third kappa shape index (κ3) is 4.07. The maximum absolute atomic E-state index is 13.4. The fraction of sp³-hybridized carbons (Fsp3) is 0.833. The molecule has 1 aromatic heterocycles. The summed E-state index contributed by atoms with van der Waals surface area (Å²) in [6.07, 6.45) is 4.56. The number of aromatic nitrogens is 3. The van der Waals surface area contributed by atoms with Crippen molar-refractivity contribution in [2.24, 2.45) is 5.92 Å². The molecule has 0 aromatic carbocycles. The van der Waals surface area contributed by atoms with E-state index in [-0.39, 0.29) is 24.0 Å². The van der Waals surface area contributed by atoms with E-state index >= 15 is 0 Å². The minimum atomic E-state index is -2.46. The molecule has 4 rings (SSSR count). The Labute approximate surface area is 157 Å². The van der Waals surface area contributed by atoms with Crippen molar-refractivity contribution in [3.63, 3.8) is 0 Å². The second kappa shape index (κ2) is 8.08. The normalized spacial score (nSPS) is 29.0. The van der Waals surface area contributed by atoms with E-state index in [2.05, 4.69) is 15.4 Å². The highest BCUT2D eigenvalue weighted by Crippen LogP contribution is 2.35. The number of hydrogen-bond donors (Lipinski definition) is 1. The molecule has 150 valence electrons. The molecule has 3 atom stereocenters. The van der Waals surface area contributed by atoms with E-state index in [0.717, 1.165) is 38.7 Å². The van der Waals surface area contributed by atoms with Crippen molar-refractivity contribution >= 4 is 11.9 Å². The minimum absolute atomic E-state index is 0.0511. The van der Waals surface area contributed by atoms with Crippen molar-refractivity contribution in [1.82, 2.24) is 19.7 Å². The van der Waals surface area contributed by atoms with Gasteiger partial charge in [-0.05, 0) is 44.4 Å². The lowest BCUT2D eigenvalue weighted by Gasteiger charge is -2.40. The fourth-order valence-corrected chi connectivity index (χ4v) is 4.57. The summed E-state index contributed by atoms with van der Waals surface area (Å²) >= 11 is 0. The number of alkyl halides is 2. The molecule has 1 N–H and O–H groups in total. The molecular formula is C18H27F2N5O2. The number of ether oxygens (including phenoxy) is 1. The van der Waals surface area contributed by atoms with Crippen LogP contribution in [0, 0.1) is 5.92 Å². The third-order valence-corrected chi connectivity index (χ3v) is 6.15. The second-order valence-corrected chi connectivity index (χ2v) is 7.81. The van der Waals surface area contributed by atoms with Gasteiger partial charge in [0.1, 0.15) is 12.4 Å². The fourth-order valence-electron chi connectivity index (χ4n) is 4.57. The van der Waals surface area contributed by atoms with Gasteiger partial charge >= 0.3 is 0 Å². The van der Waals surface area contributed by atoms with E-state index in [0.29, 0.717) is 31.9 Å². The molecule has 2 fully saturated rings. The van der Waals surface area contributed by atoms with Crippen molar-refractivity contribution in [2.45, 2.75) is 69.6 Å². The summed E-state index contributed by atoms with van der Waals surface area (Å²) in [5, 5.41) is 7.20. The van der Waals surface area contributed by atoms with E-state index < -0.39 is 12.5 Å². The lowest BCUT2D eigenvalue weighted by molar-refractivity contribution is -0.133. The van der Waals surface area contributed by atoms with Gasteiger partial charge in [-0.1, -0.05) is 0 Å². The first-order valence-corrected chi connectivity index (χ1v) is 9.95. The number of rotatable bonds is 5. The number of carbonyl (C=O) groups is 1. The van der Waals surface area contributed by atoms with E-state index in [4.69, 9.17) is 4.74 Å². The number of likely N-dealkylation sites (tertiary alicyclic amines) is 1. The predicted octanol–water partition coefficient (Wildman–Crippen LogP) is 2.47. The maximum atomic E-state index is 13.4.